The summed E-state index contributed by atoms with van der Waals surface area (Å²) in [4.78, 5) is 12.7. The number of rotatable bonds is 3. The molecule has 0 aliphatic carbocycles. The molecule has 0 saturated carbocycles. The molecule has 1 aliphatic heterocycles. The fraction of sp³-hybridized carbons (Fsp3) is 0.167. The molecule has 2 aromatic rings. The maximum Gasteiger partial charge on any atom is 0.239 e. The first-order chi connectivity index (χ1) is 12.0. The molecule has 0 amide bonds. The van der Waals surface area contributed by atoms with E-state index in [9.17, 15) is 17.6 Å². The standard InChI is InChI=1S/C18H15BrFNO4S/c1-18(2)17(22)15(10-4-3-5-12(20)8-10)16(25-18)11-6-7-14(13(19)9-11)26(21,23)24/h3-9H,1-2H3,(H2,21,23,24). The minimum Gasteiger partial charge on any atom is -0.478 e. The van der Waals surface area contributed by atoms with Gasteiger partial charge in [0.05, 0.1) is 10.5 Å². The summed E-state index contributed by atoms with van der Waals surface area (Å²) in [5, 5.41) is 5.16. The highest BCUT2D eigenvalue weighted by atomic mass is 79.9. The van der Waals surface area contributed by atoms with Crippen LogP contribution in [0.5, 0.6) is 0 Å². The Balaban J connectivity index is 2.22. The van der Waals surface area contributed by atoms with E-state index < -0.39 is 21.4 Å². The summed E-state index contributed by atoms with van der Waals surface area (Å²) in [6, 6.07) is 9.99. The highest BCUT2D eigenvalue weighted by molar-refractivity contribution is 9.10. The molecule has 2 N–H and O–H groups in total. The second kappa shape index (κ2) is 6.29. The number of Topliss-reactive ketones (excluding diaryl/α,β-unsaturated/α-hetero) is 1. The van der Waals surface area contributed by atoms with Gasteiger partial charge in [-0.25, -0.2) is 17.9 Å². The SMILES string of the molecule is CC1(C)OC(c2ccc(S(N)(=O)=O)c(Br)c2)=C(c2cccc(F)c2)C1=O. The molecule has 0 unspecified atom stereocenters. The van der Waals surface area contributed by atoms with Crippen LogP contribution in [0.3, 0.4) is 0 Å². The lowest BCUT2D eigenvalue weighted by molar-refractivity contribution is -0.125. The van der Waals surface area contributed by atoms with E-state index in [1.807, 2.05) is 0 Å². The highest BCUT2D eigenvalue weighted by Crippen LogP contribution is 2.42. The van der Waals surface area contributed by atoms with Gasteiger partial charge in [0.15, 0.2) is 5.60 Å². The van der Waals surface area contributed by atoms with Crippen LogP contribution in [0.15, 0.2) is 51.8 Å². The van der Waals surface area contributed by atoms with Crippen molar-refractivity contribution >= 4 is 43.1 Å². The Hall–Kier alpha value is -2.03. The van der Waals surface area contributed by atoms with Gasteiger partial charge in [-0.3, -0.25) is 4.79 Å². The van der Waals surface area contributed by atoms with Crippen LogP contribution < -0.4 is 5.14 Å². The van der Waals surface area contributed by atoms with Crippen LogP contribution in [0.2, 0.25) is 0 Å². The van der Waals surface area contributed by atoms with Gasteiger partial charge in [0.2, 0.25) is 15.8 Å². The summed E-state index contributed by atoms with van der Waals surface area (Å²) in [5.41, 5.74) is -0.0170. The number of carbonyl (C=O) groups is 1. The van der Waals surface area contributed by atoms with E-state index in [2.05, 4.69) is 15.9 Å². The topological polar surface area (TPSA) is 86.5 Å². The second-order valence-corrected chi connectivity index (χ2v) is 8.73. The maximum atomic E-state index is 13.7. The Kier molecular flexibility index (Phi) is 4.54. The molecular formula is C18H15BrFNO4S. The van der Waals surface area contributed by atoms with Crippen molar-refractivity contribution in [3.05, 3.63) is 63.9 Å². The number of carbonyl (C=O) groups excluding carboxylic acids is 1. The quantitative estimate of drug-likeness (QED) is 0.792. The summed E-state index contributed by atoms with van der Waals surface area (Å²) in [7, 11) is -3.90. The molecular weight excluding hydrogens is 425 g/mol. The van der Waals surface area contributed by atoms with Gasteiger partial charge < -0.3 is 4.74 Å². The van der Waals surface area contributed by atoms with Crippen LogP contribution in [0.4, 0.5) is 4.39 Å². The summed E-state index contributed by atoms with van der Waals surface area (Å²) < 4.78 is 42.9. The largest absolute Gasteiger partial charge is 0.478 e. The number of hydrogen-bond acceptors (Lipinski definition) is 4. The van der Waals surface area contributed by atoms with Crippen molar-refractivity contribution in [1.82, 2.24) is 0 Å². The maximum absolute atomic E-state index is 13.7. The van der Waals surface area contributed by atoms with Crippen molar-refractivity contribution in [1.29, 1.82) is 0 Å². The zero-order chi connectivity index (χ0) is 19.3. The van der Waals surface area contributed by atoms with Crippen molar-refractivity contribution in [2.75, 3.05) is 0 Å². The van der Waals surface area contributed by atoms with E-state index in [1.54, 1.807) is 19.9 Å². The summed E-state index contributed by atoms with van der Waals surface area (Å²) in [6.07, 6.45) is 0. The zero-order valence-electron chi connectivity index (χ0n) is 13.9. The van der Waals surface area contributed by atoms with Gasteiger partial charge in [0.1, 0.15) is 11.6 Å². The van der Waals surface area contributed by atoms with Crippen molar-refractivity contribution < 1.29 is 22.3 Å². The van der Waals surface area contributed by atoms with E-state index in [0.717, 1.165) is 0 Å². The van der Waals surface area contributed by atoms with Gasteiger partial charge >= 0.3 is 0 Å². The van der Waals surface area contributed by atoms with Crippen LogP contribution in [0.25, 0.3) is 11.3 Å². The molecule has 26 heavy (non-hydrogen) atoms. The molecule has 1 heterocycles. The number of sulfonamides is 1. The molecule has 0 bridgehead atoms. The van der Waals surface area contributed by atoms with E-state index in [4.69, 9.17) is 9.88 Å². The van der Waals surface area contributed by atoms with Gasteiger partial charge in [-0.05, 0) is 65.7 Å². The van der Waals surface area contributed by atoms with Crippen LogP contribution in [-0.2, 0) is 19.6 Å². The number of ketones is 1. The molecule has 0 spiro atoms. The monoisotopic (exact) mass is 439 g/mol. The summed E-state index contributed by atoms with van der Waals surface area (Å²) in [6.45, 7) is 3.24. The van der Waals surface area contributed by atoms with Crippen molar-refractivity contribution in [3.8, 4) is 0 Å². The minimum atomic E-state index is -3.90. The first-order valence-corrected chi connectivity index (χ1v) is 9.91. The van der Waals surface area contributed by atoms with E-state index in [-0.39, 0.29) is 26.5 Å². The van der Waals surface area contributed by atoms with Gasteiger partial charge in [0.25, 0.3) is 0 Å². The second-order valence-electron chi connectivity index (χ2n) is 6.35. The van der Waals surface area contributed by atoms with Crippen molar-refractivity contribution in [2.45, 2.75) is 24.3 Å². The molecule has 3 rings (SSSR count). The molecule has 136 valence electrons. The van der Waals surface area contributed by atoms with E-state index in [0.29, 0.717) is 11.1 Å². The number of nitrogens with two attached hydrogens (primary N) is 1. The van der Waals surface area contributed by atoms with Gasteiger partial charge in [-0.1, -0.05) is 12.1 Å². The summed E-state index contributed by atoms with van der Waals surface area (Å²) in [5.74, 6) is -0.505. The Morgan fingerprint density at radius 3 is 2.38 bits per heavy atom. The third-order valence-corrected chi connectivity index (χ3v) is 5.86. The van der Waals surface area contributed by atoms with Gasteiger partial charge in [-0.2, -0.15) is 0 Å². The number of halogens is 2. The van der Waals surface area contributed by atoms with E-state index in [1.165, 1.54) is 36.4 Å². The Labute approximate surface area is 158 Å². The lowest BCUT2D eigenvalue weighted by Gasteiger charge is -2.18. The third-order valence-electron chi connectivity index (χ3n) is 3.97. The Morgan fingerprint density at radius 1 is 1.12 bits per heavy atom. The number of hydrogen-bond donors (Lipinski definition) is 1. The predicted octanol–water partition coefficient (Wildman–Crippen LogP) is 3.48. The van der Waals surface area contributed by atoms with E-state index >= 15 is 0 Å². The molecule has 0 atom stereocenters. The number of benzene rings is 2. The van der Waals surface area contributed by atoms with Crippen LogP contribution >= 0.6 is 15.9 Å². The molecule has 1 aliphatic rings. The summed E-state index contributed by atoms with van der Waals surface area (Å²) >= 11 is 3.18. The molecule has 0 aromatic heterocycles. The first kappa shape index (κ1) is 18.8. The molecule has 8 heteroatoms. The Morgan fingerprint density at radius 2 is 1.81 bits per heavy atom. The van der Waals surface area contributed by atoms with Crippen LogP contribution in [0.1, 0.15) is 25.0 Å². The average Bonchev–Trinajstić information content (AvgIpc) is 2.76. The fourth-order valence-electron chi connectivity index (χ4n) is 2.74. The molecule has 5 nitrogen and oxygen atoms in total. The normalized spacial score (nSPS) is 16.7. The third kappa shape index (κ3) is 3.32. The molecule has 0 saturated heterocycles. The average molecular weight is 440 g/mol. The number of ether oxygens (including phenoxy) is 1. The lowest BCUT2D eigenvalue weighted by Crippen LogP contribution is -2.29. The first-order valence-electron chi connectivity index (χ1n) is 7.57. The van der Waals surface area contributed by atoms with Crippen molar-refractivity contribution in [2.24, 2.45) is 5.14 Å². The molecule has 0 fully saturated rings. The van der Waals surface area contributed by atoms with Crippen LogP contribution in [0, 0.1) is 5.82 Å². The molecule has 2 aromatic carbocycles. The smallest absolute Gasteiger partial charge is 0.239 e. The minimum absolute atomic E-state index is 0.0854. The van der Waals surface area contributed by atoms with Crippen LogP contribution in [-0.4, -0.2) is 19.8 Å². The molecule has 0 radical (unpaired) electrons. The van der Waals surface area contributed by atoms with Crippen molar-refractivity contribution in [3.63, 3.8) is 0 Å². The Bertz CT molecular complexity index is 1060. The highest BCUT2D eigenvalue weighted by Gasteiger charge is 2.43. The fourth-order valence-corrected chi connectivity index (χ4v) is 4.38. The zero-order valence-corrected chi connectivity index (χ0v) is 16.3. The lowest BCUT2D eigenvalue weighted by atomic mass is 9.92. The van der Waals surface area contributed by atoms with Gasteiger partial charge in [0, 0.05) is 10.0 Å². The predicted molar refractivity (Wildman–Crippen MR) is 98.9 cm³/mol. The van der Waals surface area contributed by atoms with Gasteiger partial charge in [-0.15, -0.1) is 0 Å². The number of primary sulfonamides is 1.